The van der Waals surface area contributed by atoms with E-state index in [1.54, 1.807) is 23.5 Å². The highest BCUT2D eigenvalue weighted by Gasteiger charge is 2.04. The van der Waals surface area contributed by atoms with Crippen LogP contribution in [0.5, 0.6) is 0 Å². The highest BCUT2D eigenvalue weighted by Crippen LogP contribution is 2.34. The third-order valence-corrected chi connectivity index (χ3v) is 5.27. The molecule has 0 aliphatic heterocycles. The molecule has 3 heteroatoms. The fraction of sp³-hybridized carbons (Fsp3) is 0.0526. The molecule has 0 saturated carbocycles. The summed E-state index contributed by atoms with van der Waals surface area (Å²) in [6.45, 7) is 0. The van der Waals surface area contributed by atoms with Crippen molar-refractivity contribution in [3.8, 4) is 11.1 Å². The number of thioether (sulfide) groups is 1. The summed E-state index contributed by atoms with van der Waals surface area (Å²) in [4.78, 5) is 4.74. The van der Waals surface area contributed by atoms with Crippen LogP contribution < -0.4 is 0 Å². The average molecular weight is 341 g/mol. The molecule has 0 heterocycles. The lowest BCUT2D eigenvalue weighted by Gasteiger charge is -2.08. The maximum absolute atomic E-state index is 4.56. The van der Waals surface area contributed by atoms with Gasteiger partial charge >= 0.3 is 0 Å². The molecule has 0 aromatic heterocycles. The van der Waals surface area contributed by atoms with Gasteiger partial charge < -0.3 is 0 Å². The topological polar surface area (TPSA) is 0 Å². The molecule has 3 rings (SSSR count). The lowest BCUT2D eigenvalue weighted by atomic mass is 10.1. The fourth-order valence-electron chi connectivity index (χ4n) is 2.22. The third-order valence-electron chi connectivity index (χ3n) is 3.29. The second kappa shape index (κ2) is 7.32. The Hall–Kier alpha value is -1.29. The van der Waals surface area contributed by atoms with Crippen molar-refractivity contribution >= 4 is 36.2 Å². The smallest absolute Gasteiger partial charge is 0.0139 e. The van der Waals surface area contributed by atoms with Crippen LogP contribution in [0.1, 0.15) is 0 Å². The highest BCUT2D eigenvalue weighted by atomic mass is 32.2. The minimum Gasteiger partial charge on any atom is -0.143 e. The molecule has 0 aliphatic rings. The Kier molecular flexibility index (Phi) is 5.19. The average Bonchev–Trinajstić information content (AvgIpc) is 2.56. The van der Waals surface area contributed by atoms with Crippen LogP contribution in [0.3, 0.4) is 0 Å². The molecule has 0 N–H and O–H groups in total. The first-order valence-electron chi connectivity index (χ1n) is 6.96. The Bertz CT molecular complexity index is 749. The predicted octanol–water partition coefficient (Wildman–Crippen LogP) is 6.52. The van der Waals surface area contributed by atoms with Gasteiger partial charge in [-0.1, -0.05) is 42.1 Å². The minimum absolute atomic E-state index is 0.990. The molecular weight excluding hydrogens is 324 g/mol. The third kappa shape index (κ3) is 3.92. The van der Waals surface area contributed by atoms with Crippen molar-refractivity contribution in [1.29, 1.82) is 0 Å². The standard InChI is InChI=1S/C19H16S3/c1-21-17-7-9-18(10-8-17)22-19-12-15(11-16(20)13-19)14-5-3-2-4-6-14/h2-13,20H,1H3. The van der Waals surface area contributed by atoms with Crippen LogP contribution in [0, 0.1) is 0 Å². The molecule has 0 radical (unpaired) electrons. The van der Waals surface area contributed by atoms with E-state index in [4.69, 9.17) is 0 Å². The van der Waals surface area contributed by atoms with E-state index in [1.165, 1.54) is 25.8 Å². The first kappa shape index (κ1) is 15.6. The van der Waals surface area contributed by atoms with Crippen LogP contribution >= 0.6 is 36.2 Å². The number of hydrogen-bond donors (Lipinski definition) is 1. The largest absolute Gasteiger partial charge is 0.143 e. The second-order valence-corrected chi connectivity index (χ2v) is 7.40. The summed E-state index contributed by atoms with van der Waals surface area (Å²) in [6, 6.07) is 25.5. The van der Waals surface area contributed by atoms with E-state index in [9.17, 15) is 0 Å². The predicted molar refractivity (Wildman–Crippen MR) is 101 cm³/mol. The van der Waals surface area contributed by atoms with Gasteiger partial charge in [-0.05, 0) is 59.8 Å². The number of hydrogen-bond acceptors (Lipinski definition) is 3. The SMILES string of the molecule is CSc1ccc(Sc2cc(S)cc(-c3ccccc3)c2)cc1. The van der Waals surface area contributed by atoms with Gasteiger partial charge in [0.1, 0.15) is 0 Å². The molecule has 0 nitrogen and oxygen atoms in total. The zero-order valence-electron chi connectivity index (χ0n) is 12.2. The van der Waals surface area contributed by atoms with Crippen molar-refractivity contribution in [2.24, 2.45) is 0 Å². The van der Waals surface area contributed by atoms with Crippen LogP contribution in [0.15, 0.2) is 92.4 Å². The molecule has 0 unspecified atom stereocenters. The molecular formula is C19H16S3. The molecule has 0 amide bonds. The number of rotatable bonds is 4. The van der Waals surface area contributed by atoms with Crippen LogP contribution in [-0.4, -0.2) is 6.26 Å². The lowest BCUT2D eigenvalue weighted by molar-refractivity contribution is 1.31. The molecule has 0 aliphatic carbocycles. The Morgan fingerprint density at radius 2 is 1.36 bits per heavy atom. The summed E-state index contributed by atoms with van der Waals surface area (Å²) in [6.07, 6.45) is 2.10. The van der Waals surface area contributed by atoms with Gasteiger partial charge in [-0.3, -0.25) is 0 Å². The van der Waals surface area contributed by atoms with Gasteiger partial charge in [0.2, 0.25) is 0 Å². The Balaban J connectivity index is 1.89. The van der Waals surface area contributed by atoms with Gasteiger partial charge in [0.15, 0.2) is 0 Å². The Morgan fingerprint density at radius 3 is 2.05 bits per heavy atom. The van der Waals surface area contributed by atoms with E-state index in [2.05, 4.69) is 85.6 Å². The fourth-order valence-corrected chi connectivity index (χ4v) is 3.91. The summed E-state index contributed by atoms with van der Waals surface area (Å²) in [5, 5.41) is 0. The summed E-state index contributed by atoms with van der Waals surface area (Å²) in [7, 11) is 0. The van der Waals surface area contributed by atoms with Gasteiger partial charge in [-0.25, -0.2) is 0 Å². The molecule has 0 fully saturated rings. The van der Waals surface area contributed by atoms with E-state index in [1.807, 2.05) is 6.07 Å². The molecule has 110 valence electrons. The van der Waals surface area contributed by atoms with E-state index in [0.717, 1.165) is 4.90 Å². The summed E-state index contributed by atoms with van der Waals surface area (Å²) >= 11 is 8.09. The number of thiol groups is 1. The van der Waals surface area contributed by atoms with Gasteiger partial charge in [0.25, 0.3) is 0 Å². The van der Waals surface area contributed by atoms with E-state index < -0.39 is 0 Å². The summed E-state index contributed by atoms with van der Waals surface area (Å²) in [5.41, 5.74) is 2.43. The van der Waals surface area contributed by atoms with E-state index >= 15 is 0 Å². The zero-order chi connectivity index (χ0) is 15.4. The molecule has 0 saturated heterocycles. The highest BCUT2D eigenvalue weighted by molar-refractivity contribution is 7.99. The van der Waals surface area contributed by atoms with Gasteiger partial charge in [0, 0.05) is 19.6 Å². The number of benzene rings is 3. The van der Waals surface area contributed by atoms with Crippen LogP contribution in [0.25, 0.3) is 11.1 Å². The van der Waals surface area contributed by atoms with Crippen LogP contribution in [0.2, 0.25) is 0 Å². The molecule has 22 heavy (non-hydrogen) atoms. The molecule has 0 bridgehead atoms. The van der Waals surface area contributed by atoms with Crippen LogP contribution in [0.4, 0.5) is 0 Å². The zero-order valence-corrected chi connectivity index (χ0v) is 14.7. The van der Waals surface area contributed by atoms with Gasteiger partial charge in [-0.2, -0.15) is 0 Å². The maximum Gasteiger partial charge on any atom is 0.0139 e. The van der Waals surface area contributed by atoms with Crippen molar-refractivity contribution in [3.05, 3.63) is 72.8 Å². The summed E-state index contributed by atoms with van der Waals surface area (Å²) < 4.78 is 0. The van der Waals surface area contributed by atoms with Gasteiger partial charge in [0.05, 0.1) is 0 Å². The Labute approximate surface area is 145 Å². The quantitative estimate of drug-likeness (QED) is 0.424. The van der Waals surface area contributed by atoms with Crippen molar-refractivity contribution in [2.45, 2.75) is 19.6 Å². The maximum atomic E-state index is 4.56. The minimum atomic E-state index is 0.990. The lowest BCUT2D eigenvalue weighted by Crippen LogP contribution is -1.81. The van der Waals surface area contributed by atoms with Crippen molar-refractivity contribution in [3.63, 3.8) is 0 Å². The van der Waals surface area contributed by atoms with Crippen molar-refractivity contribution in [1.82, 2.24) is 0 Å². The Morgan fingerprint density at radius 1 is 0.682 bits per heavy atom. The molecule has 0 atom stereocenters. The van der Waals surface area contributed by atoms with Crippen LogP contribution in [-0.2, 0) is 0 Å². The molecule has 3 aromatic rings. The summed E-state index contributed by atoms with van der Waals surface area (Å²) in [5.74, 6) is 0. The normalized spacial score (nSPS) is 10.6. The van der Waals surface area contributed by atoms with Crippen molar-refractivity contribution in [2.75, 3.05) is 6.26 Å². The first-order chi connectivity index (χ1) is 10.7. The monoisotopic (exact) mass is 340 g/mol. The van der Waals surface area contributed by atoms with Gasteiger partial charge in [-0.15, -0.1) is 24.4 Å². The molecule has 3 aromatic carbocycles. The molecule has 0 spiro atoms. The first-order valence-corrected chi connectivity index (χ1v) is 9.45. The van der Waals surface area contributed by atoms with Crippen molar-refractivity contribution < 1.29 is 0 Å². The van der Waals surface area contributed by atoms with E-state index in [0.29, 0.717) is 0 Å². The second-order valence-electron chi connectivity index (χ2n) is 4.86. The van der Waals surface area contributed by atoms with E-state index in [-0.39, 0.29) is 0 Å².